The molecule has 0 aliphatic heterocycles. The molecule has 0 heterocycles. The molecule has 96 valence electrons. The first-order chi connectivity index (χ1) is 6.20. The van der Waals surface area contributed by atoms with Gasteiger partial charge >= 0.3 is 0 Å². The van der Waals surface area contributed by atoms with Crippen LogP contribution in [0.4, 0.5) is 0 Å². The van der Waals surface area contributed by atoms with Gasteiger partial charge in [0.05, 0.1) is 11.9 Å². The molecule has 4 nitrogen and oxygen atoms in total. The summed E-state index contributed by atoms with van der Waals surface area (Å²) < 4.78 is 6.47. The molecular formula is C9H25ClO4Ti. The van der Waals surface area contributed by atoms with Gasteiger partial charge in [-0.3, -0.25) is 4.66 Å². The number of aliphatic hydroxyl groups excluding tert-OH is 3. The molecule has 0 saturated carbocycles. The van der Waals surface area contributed by atoms with Gasteiger partial charge < -0.3 is 15.3 Å². The Hall–Kier alpha value is 0.844. The minimum atomic E-state index is -0.167. The standard InChI is InChI=1S/3C3H8O.ClHO.Ti/c3*1-3(2)4;1-2;/h3*3-4H,1-2H3;2H;. The second-order valence-electron chi connectivity index (χ2n) is 3.28. The van der Waals surface area contributed by atoms with Crippen molar-refractivity contribution in [3.05, 3.63) is 0 Å². The van der Waals surface area contributed by atoms with E-state index in [4.69, 9.17) is 20.0 Å². The van der Waals surface area contributed by atoms with Crippen molar-refractivity contribution < 1.29 is 41.7 Å². The van der Waals surface area contributed by atoms with E-state index in [0.717, 1.165) is 0 Å². The molecular weight excluding hydrogens is 255 g/mol. The van der Waals surface area contributed by atoms with Crippen molar-refractivity contribution in [3.63, 3.8) is 0 Å². The third-order valence-electron chi connectivity index (χ3n) is 0. The average Bonchev–Trinajstić information content (AvgIpc) is 1.86. The Balaban J connectivity index is -0.0000000298. The topological polar surface area (TPSA) is 80.9 Å². The van der Waals surface area contributed by atoms with Crippen LogP contribution >= 0.6 is 11.9 Å². The van der Waals surface area contributed by atoms with E-state index in [1.807, 2.05) is 0 Å². The maximum absolute atomic E-state index is 8.06. The van der Waals surface area contributed by atoms with Gasteiger partial charge in [-0.1, -0.05) is 0 Å². The Bertz CT molecular complexity index is 50.6. The van der Waals surface area contributed by atoms with Crippen LogP contribution in [0.1, 0.15) is 41.5 Å². The van der Waals surface area contributed by atoms with Gasteiger partial charge in [-0.05, 0) is 41.5 Å². The predicted octanol–water partition coefficient (Wildman–Crippen LogP) is 1.29. The summed E-state index contributed by atoms with van der Waals surface area (Å²) in [6.45, 7) is 10.3. The van der Waals surface area contributed by atoms with E-state index in [0.29, 0.717) is 0 Å². The molecule has 0 aliphatic carbocycles. The van der Waals surface area contributed by atoms with E-state index in [1.54, 1.807) is 41.5 Å². The summed E-state index contributed by atoms with van der Waals surface area (Å²) in [7, 11) is 0. The van der Waals surface area contributed by atoms with Crippen molar-refractivity contribution in [1.29, 1.82) is 0 Å². The van der Waals surface area contributed by atoms with E-state index in [-0.39, 0.29) is 40.0 Å². The molecule has 0 amide bonds. The molecule has 0 unspecified atom stereocenters. The Morgan fingerprint density at radius 2 is 0.600 bits per heavy atom. The molecule has 0 aromatic carbocycles. The zero-order chi connectivity index (χ0) is 12.7. The van der Waals surface area contributed by atoms with Crippen LogP contribution in [0.3, 0.4) is 0 Å². The minimum Gasteiger partial charge on any atom is -0.394 e. The first kappa shape index (κ1) is 29.7. The molecule has 0 aromatic heterocycles. The maximum Gasteiger partial charge on any atom is 0.0579 e. The molecule has 0 saturated heterocycles. The van der Waals surface area contributed by atoms with Crippen LogP contribution in [0.25, 0.3) is 0 Å². The number of halogens is 1. The number of hydrogen-bond acceptors (Lipinski definition) is 4. The zero-order valence-corrected chi connectivity index (χ0v) is 12.7. The summed E-state index contributed by atoms with van der Waals surface area (Å²) in [6.07, 6.45) is -0.500. The molecule has 4 N–H and O–H groups in total. The smallest absolute Gasteiger partial charge is 0.0579 e. The molecule has 6 heteroatoms. The van der Waals surface area contributed by atoms with Gasteiger partial charge in [-0.25, -0.2) is 0 Å². The SMILES string of the molecule is CC(C)O.CC(C)O.CC(C)O.OCl.[Ti]. The van der Waals surface area contributed by atoms with Crippen LogP contribution in [0.15, 0.2) is 0 Å². The van der Waals surface area contributed by atoms with Crippen molar-refractivity contribution >= 4 is 11.9 Å². The van der Waals surface area contributed by atoms with Crippen molar-refractivity contribution in [1.82, 2.24) is 0 Å². The number of hydrogen-bond donors (Lipinski definition) is 4. The fourth-order valence-electron chi connectivity index (χ4n) is 0. The van der Waals surface area contributed by atoms with Crippen LogP contribution in [0, 0.1) is 0 Å². The van der Waals surface area contributed by atoms with E-state index >= 15 is 0 Å². The second-order valence-corrected chi connectivity index (χ2v) is 3.28. The van der Waals surface area contributed by atoms with Gasteiger partial charge in [0.2, 0.25) is 0 Å². The van der Waals surface area contributed by atoms with Gasteiger partial charge in [0, 0.05) is 40.0 Å². The fraction of sp³-hybridized carbons (Fsp3) is 1.00. The monoisotopic (exact) mass is 280 g/mol. The van der Waals surface area contributed by atoms with Gasteiger partial charge in [0.1, 0.15) is 0 Å². The van der Waals surface area contributed by atoms with Crippen LogP contribution in [-0.2, 0) is 21.7 Å². The Morgan fingerprint density at radius 3 is 0.600 bits per heavy atom. The van der Waals surface area contributed by atoms with Crippen molar-refractivity contribution in [3.8, 4) is 0 Å². The normalized spacial score (nSPS) is 7.60. The second kappa shape index (κ2) is 29.4. The summed E-state index contributed by atoms with van der Waals surface area (Å²) in [5, 5.41) is 24.2. The van der Waals surface area contributed by atoms with Crippen LogP contribution < -0.4 is 0 Å². The molecule has 0 spiro atoms. The summed E-state index contributed by atoms with van der Waals surface area (Å²) in [5.74, 6) is 0. The van der Waals surface area contributed by atoms with Gasteiger partial charge in [0.15, 0.2) is 0 Å². The fourth-order valence-corrected chi connectivity index (χ4v) is 0. The quantitative estimate of drug-likeness (QED) is 0.504. The largest absolute Gasteiger partial charge is 0.394 e. The van der Waals surface area contributed by atoms with Crippen molar-refractivity contribution in [2.75, 3.05) is 0 Å². The van der Waals surface area contributed by atoms with Crippen LogP contribution in [0.2, 0.25) is 0 Å². The summed E-state index contributed by atoms with van der Waals surface area (Å²) in [5.41, 5.74) is 0. The minimum absolute atomic E-state index is 0. The van der Waals surface area contributed by atoms with Crippen molar-refractivity contribution in [2.24, 2.45) is 0 Å². The first-order valence-electron chi connectivity index (χ1n) is 4.41. The Labute approximate surface area is 113 Å². The molecule has 0 aliphatic rings. The third-order valence-corrected chi connectivity index (χ3v) is 0. The summed E-state index contributed by atoms with van der Waals surface area (Å²) >= 11 is 3.64. The van der Waals surface area contributed by atoms with Crippen LogP contribution in [-0.4, -0.2) is 38.3 Å². The van der Waals surface area contributed by atoms with Gasteiger partial charge in [-0.15, -0.1) is 0 Å². The Morgan fingerprint density at radius 1 is 0.600 bits per heavy atom. The van der Waals surface area contributed by atoms with E-state index in [9.17, 15) is 0 Å². The molecule has 0 aromatic rings. The number of aliphatic hydroxyl groups is 3. The van der Waals surface area contributed by atoms with Crippen LogP contribution in [0.5, 0.6) is 0 Å². The molecule has 0 radical (unpaired) electrons. The molecule has 0 fully saturated rings. The van der Waals surface area contributed by atoms with E-state index in [2.05, 4.69) is 11.9 Å². The van der Waals surface area contributed by atoms with E-state index < -0.39 is 0 Å². The zero-order valence-electron chi connectivity index (χ0n) is 10.4. The average molecular weight is 281 g/mol. The van der Waals surface area contributed by atoms with Crippen molar-refractivity contribution in [2.45, 2.75) is 59.9 Å². The summed E-state index contributed by atoms with van der Waals surface area (Å²) in [6, 6.07) is 0. The molecule has 0 rings (SSSR count). The third kappa shape index (κ3) is 3440. The molecule has 15 heavy (non-hydrogen) atoms. The molecule has 0 atom stereocenters. The van der Waals surface area contributed by atoms with E-state index in [1.165, 1.54) is 0 Å². The predicted molar refractivity (Wildman–Crippen MR) is 60.1 cm³/mol. The summed E-state index contributed by atoms with van der Waals surface area (Å²) in [4.78, 5) is 0. The Kier molecular flexibility index (Phi) is 58.1. The number of rotatable bonds is 0. The van der Waals surface area contributed by atoms with Gasteiger partial charge in [0.25, 0.3) is 0 Å². The molecule has 0 bridgehead atoms. The van der Waals surface area contributed by atoms with Gasteiger partial charge in [-0.2, -0.15) is 0 Å². The first-order valence-corrected chi connectivity index (χ1v) is 4.75. The maximum atomic E-state index is 8.06.